The molecular formula is C20H20N4O5S. The number of carbonyl (C=O) groups is 3. The molecule has 5 N–H and O–H groups in total. The van der Waals surface area contributed by atoms with Gasteiger partial charge in [-0.05, 0) is 30.3 Å². The van der Waals surface area contributed by atoms with Crippen LogP contribution in [0.15, 0.2) is 53.4 Å². The number of rotatable bonds is 9. The number of para-hydroxylation sites is 1. The van der Waals surface area contributed by atoms with Gasteiger partial charge in [-0.3, -0.25) is 14.4 Å². The van der Waals surface area contributed by atoms with Gasteiger partial charge in [-0.15, -0.1) is 6.42 Å². The highest BCUT2D eigenvalue weighted by molar-refractivity contribution is 7.89. The number of primary amides is 1. The zero-order valence-corrected chi connectivity index (χ0v) is 16.7. The summed E-state index contributed by atoms with van der Waals surface area (Å²) in [4.78, 5) is 35.6. The first kappa shape index (κ1) is 22.6. The summed E-state index contributed by atoms with van der Waals surface area (Å²) in [6.07, 6.45) is 5.05. The van der Waals surface area contributed by atoms with Crippen LogP contribution in [-0.2, 0) is 14.8 Å². The van der Waals surface area contributed by atoms with Crippen LogP contribution in [0.2, 0.25) is 0 Å². The summed E-state index contributed by atoms with van der Waals surface area (Å²) in [5, 5.41) is 5.13. The van der Waals surface area contributed by atoms with Gasteiger partial charge in [-0.2, -0.15) is 4.72 Å². The fraction of sp³-hybridized carbons (Fsp3) is 0.150. The maximum Gasteiger partial charge on any atom is 0.255 e. The molecule has 2 rings (SSSR count). The van der Waals surface area contributed by atoms with Crippen molar-refractivity contribution in [2.75, 3.05) is 18.4 Å². The third-order valence-electron chi connectivity index (χ3n) is 3.85. The van der Waals surface area contributed by atoms with Gasteiger partial charge in [-0.1, -0.05) is 24.1 Å². The number of benzene rings is 2. The van der Waals surface area contributed by atoms with Crippen LogP contribution < -0.4 is 21.1 Å². The van der Waals surface area contributed by atoms with E-state index in [1.807, 2.05) is 0 Å². The highest BCUT2D eigenvalue weighted by Crippen LogP contribution is 2.18. The van der Waals surface area contributed by atoms with Crippen molar-refractivity contribution in [1.29, 1.82) is 0 Å². The Morgan fingerprint density at radius 2 is 1.77 bits per heavy atom. The molecule has 0 fully saturated rings. The molecule has 0 saturated heterocycles. The number of carbonyl (C=O) groups excluding carboxylic acids is 3. The summed E-state index contributed by atoms with van der Waals surface area (Å²) in [6, 6.07) is 11.6. The van der Waals surface area contributed by atoms with Crippen molar-refractivity contribution < 1.29 is 22.8 Å². The van der Waals surface area contributed by atoms with Crippen molar-refractivity contribution in [2.45, 2.75) is 11.3 Å². The fourth-order valence-electron chi connectivity index (χ4n) is 2.40. The lowest BCUT2D eigenvalue weighted by atomic mass is 10.1. The van der Waals surface area contributed by atoms with E-state index in [-0.39, 0.29) is 41.2 Å². The first-order valence-corrected chi connectivity index (χ1v) is 10.2. The van der Waals surface area contributed by atoms with E-state index in [0.717, 1.165) is 0 Å². The largest absolute Gasteiger partial charge is 0.370 e. The second-order valence-corrected chi connectivity index (χ2v) is 7.80. The standard InChI is InChI=1S/C20H20N4O5S/c1-2-11-23-30(28,29)15-7-5-6-14(13-15)19(26)24-17-9-4-3-8-16(17)20(27)22-12-10-18(21)25/h1,3-9,13,23H,10-12H2,(H2,21,25)(H,22,27)(H,24,26). The molecule has 10 heteroatoms. The number of terminal acetylenes is 1. The predicted octanol–water partition coefficient (Wildman–Crippen LogP) is 0.456. The summed E-state index contributed by atoms with van der Waals surface area (Å²) in [6.45, 7) is -0.127. The summed E-state index contributed by atoms with van der Waals surface area (Å²) < 4.78 is 26.6. The molecule has 0 aromatic heterocycles. The highest BCUT2D eigenvalue weighted by Gasteiger charge is 2.17. The van der Waals surface area contributed by atoms with Gasteiger partial charge in [-0.25, -0.2) is 8.42 Å². The van der Waals surface area contributed by atoms with Crippen LogP contribution in [0.1, 0.15) is 27.1 Å². The lowest BCUT2D eigenvalue weighted by Crippen LogP contribution is -2.29. The maximum absolute atomic E-state index is 12.6. The van der Waals surface area contributed by atoms with Crippen LogP contribution in [0, 0.1) is 12.3 Å². The number of hydrogen-bond acceptors (Lipinski definition) is 5. The van der Waals surface area contributed by atoms with Crippen LogP contribution in [0.4, 0.5) is 5.69 Å². The van der Waals surface area contributed by atoms with Gasteiger partial charge in [0.2, 0.25) is 15.9 Å². The average molecular weight is 428 g/mol. The second-order valence-electron chi connectivity index (χ2n) is 6.03. The molecule has 0 aliphatic carbocycles. The Labute approximate surface area is 174 Å². The van der Waals surface area contributed by atoms with Crippen LogP contribution in [-0.4, -0.2) is 39.2 Å². The number of anilines is 1. The predicted molar refractivity (Wildman–Crippen MR) is 111 cm³/mol. The molecule has 0 spiro atoms. The van der Waals surface area contributed by atoms with E-state index in [1.54, 1.807) is 12.1 Å². The molecule has 0 saturated carbocycles. The van der Waals surface area contributed by atoms with Gasteiger partial charge >= 0.3 is 0 Å². The van der Waals surface area contributed by atoms with E-state index in [4.69, 9.17) is 12.2 Å². The van der Waals surface area contributed by atoms with Crippen LogP contribution in [0.5, 0.6) is 0 Å². The molecule has 9 nitrogen and oxygen atoms in total. The molecular weight excluding hydrogens is 408 g/mol. The van der Waals surface area contributed by atoms with E-state index in [9.17, 15) is 22.8 Å². The van der Waals surface area contributed by atoms with E-state index in [2.05, 4.69) is 21.3 Å². The molecule has 2 aromatic rings. The lowest BCUT2D eigenvalue weighted by Gasteiger charge is -2.12. The molecule has 0 radical (unpaired) electrons. The zero-order chi connectivity index (χ0) is 22.1. The Morgan fingerprint density at radius 1 is 1.03 bits per heavy atom. The van der Waals surface area contributed by atoms with Gasteiger partial charge in [0.15, 0.2) is 0 Å². The molecule has 30 heavy (non-hydrogen) atoms. The SMILES string of the molecule is C#CCNS(=O)(=O)c1cccc(C(=O)Nc2ccccc2C(=O)NCCC(N)=O)c1. The van der Waals surface area contributed by atoms with Gasteiger partial charge in [0.25, 0.3) is 11.8 Å². The number of hydrogen-bond donors (Lipinski definition) is 4. The Morgan fingerprint density at radius 3 is 2.47 bits per heavy atom. The lowest BCUT2D eigenvalue weighted by molar-refractivity contribution is -0.117. The van der Waals surface area contributed by atoms with Gasteiger partial charge in [0, 0.05) is 18.5 Å². The van der Waals surface area contributed by atoms with E-state index in [0.29, 0.717) is 0 Å². The molecule has 156 valence electrons. The topological polar surface area (TPSA) is 147 Å². The first-order valence-electron chi connectivity index (χ1n) is 8.74. The first-order chi connectivity index (χ1) is 14.2. The minimum Gasteiger partial charge on any atom is -0.370 e. The number of nitrogens with one attached hydrogen (secondary N) is 3. The van der Waals surface area contributed by atoms with Crippen molar-refractivity contribution >= 4 is 33.4 Å². The molecule has 0 heterocycles. The average Bonchev–Trinajstić information content (AvgIpc) is 2.72. The number of sulfonamides is 1. The van der Waals surface area contributed by atoms with Crippen molar-refractivity contribution in [1.82, 2.24) is 10.0 Å². The second kappa shape index (κ2) is 10.2. The van der Waals surface area contributed by atoms with E-state index < -0.39 is 27.7 Å². The quantitative estimate of drug-likeness (QED) is 0.428. The summed E-state index contributed by atoms with van der Waals surface area (Å²) in [5.41, 5.74) is 5.51. The number of amides is 3. The normalized spacial score (nSPS) is 10.6. The fourth-order valence-corrected chi connectivity index (χ4v) is 3.38. The highest BCUT2D eigenvalue weighted by atomic mass is 32.2. The Hall–Kier alpha value is -3.68. The summed E-state index contributed by atoms with van der Waals surface area (Å²) in [7, 11) is -3.86. The molecule has 2 aromatic carbocycles. The van der Waals surface area contributed by atoms with Crippen molar-refractivity contribution in [3.05, 3.63) is 59.7 Å². The molecule has 3 amide bonds. The van der Waals surface area contributed by atoms with Crippen molar-refractivity contribution in [2.24, 2.45) is 5.73 Å². The molecule has 0 bridgehead atoms. The molecule has 0 aliphatic rings. The Kier molecular flexibility index (Phi) is 7.69. The number of nitrogens with two attached hydrogens (primary N) is 1. The Balaban J connectivity index is 2.19. The van der Waals surface area contributed by atoms with Gasteiger partial charge in [0.1, 0.15) is 0 Å². The van der Waals surface area contributed by atoms with Crippen LogP contribution in [0.3, 0.4) is 0 Å². The minimum atomic E-state index is -3.86. The molecule has 0 atom stereocenters. The Bertz CT molecular complexity index is 1110. The van der Waals surface area contributed by atoms with Crippen molar-refractivity contribution in [3.63, 3.8) is 0 Å². The van der Waals surface area contributed by atoms with Crippen molar-refractivity contribution in [3.8, 4) is 12.3 Å². The van der Waals surface area contributed by atoms with Gasteiger partial charge < -0.3 is 16.4 Å². The summed E-state index contributed by atoms with van der Waals surface area (Å²) >= 11 is 0. The third-order valence-corrected chi connectivity index (χ3v) is 5.25. The maximum atomic E-state index is 12.6. The zero-order valence-electron chi connectivity index (χ0n) is 15.8. The minimum absolute atomic E-state index is 0.0186. The monoisotopic (exact) mass is 428 g/mol. The van der Waals surface area contributed by atoms with Crippen LogP contribution in [0.25, 0.3) is 0 Å². The molecule has 0 aliphatic heterocycles. The molecule has 0 unspecified atom stereocenters. The summed E-state index contributed by atoms with van der Waals surface area (Å²) in [5.74, 6) is 0.508. The van der Waals surface area contributed by atoms with Gasteiger partial charge in [0.05, 0.1) is 22.7 Å². The van der Waals surface area contributed by atoms with E-state index >= 15 is 0 Å². The van der Waals surface area contributed by atoms with E-state index in [1.165, 1.54) is 36.4 Å². The smallest absolute Gasteiger partial charge is 0.255 e. The van der Waals surface area contributed by atoms with Crippen LogP contribution >= 0.6 is 0 Å². The third kappa shape index (κ3) is 6.16.